The molecule has 0 aliphatic heterocycles. The van der Waals surface area contributed by atoms with Gasteiger partial charge in [0, 0.05) is 5.56 Å². The number of hydrogen-bond donors (Lipinski definition) is 1. The molecule has 2 rings (SSSR count). The molecular formula is C13H14N2O. The second-order valence-electron chi connectivity index (χ2n) is 3.66. The van der Waals surface area contributed by atoms with Gasteiger partial charge in [-0.05, 0) is 30.7 Å². The van der Waals surface area contributed by atoms with Crippen LogP contribution in [0.4, 0.5) is 5.69 Å². The molecule has 0 aliphatic carbocycles. The molecule has 3 nitrogen and oxygen atoms in total. The fourth-order valence-corrected chi connectivity index (χ4v) is 1.51. The number of aromatic nitrogens is 1. The van der Waals surface area contributed by atoms with E-state index >= 15 is 0 Å². The van der Waals surface area contributed by atoms with Gasteiger partial charge in [-0.2, -0.15) is 0 Å². The van der Waals surface area contributed by atoms with Crippen molar-refractivity contribution in [2.24, 2.45) is 0 Å². The number of aryl methyl sites for hydroxylation is 1. The minimum atomic E-state index is 0.714. The van der Waals surface area contributed by atoms with Gasteiger partial charge in [0.1, 0.15) is 5.75 Å². The number of nitrogens with two attached hydrogens (primary N) is 1. The molecule has 2 aromatic rings. The number of benzene rings is 1. The van der Waals surface area contributed by atoms with Gasteiger partial charge in [0.05, 0.1) is 24.7 Å². The Morgan fingerprint density at radius 2 is 2.06 bits per heavy atom. The van der Waals surface area contributed by atoms with E-state index in [4.69, 9.17) is 10.5 Å². The van der Waals surface area contributed by atoms with Gasteiger partial charge in [-0.15, -0.1) is 0 Å². The molecule has 0 saturated heterocycles. The van der Waals surface area contributed by atoms with Crippen LogP contribution in [0.25, 0.3) is 11.3 Å². The Morgan fingerprint density at radius 3 is 2.75 bits per heavy atom. The zero-order chi connectivity index (χ0) is 11.5. The maximum absolute atomic E-state index is 5.74. The average Bonchev–Trinajstić information content (AvgIpc) is 2.33. The zero-order valence-corrected chi connectivity index (χ0v) is 9.40. The maximum atomic E-state index is 5.74. The molecule has 0 aliphatic rings. The van der Waals surface area contributed by atoms with Crippen molar-refractivity contribution < 1.29 is 4.74 Å². The molecule has 3 heteroatoms. The van der Waals surface area contributed by atoms with Crippen LogP contribution in [0.1, 0.15) is 5.56 Å². The minimum absolute atomic E-state index is 0.714. The fourth-order valence-electron chi connectivity index (χ4n) is 1.51. The lowest BCUT2D eigenvalue weighted by Gasteiger charge is -2.06. The first kappa shape index (κ1) is 10.5. The first-order chi connectivity index (χ1) is 7.70. The zero-order valence-electron chi connectivity index (χ0n) is 9.40. The Bertz CT molecular complexity index is 509. The third-order valence-corrected chi connectivity index (χ3v) is 2.52. The third-order valence-electron chi connectivity index (χ3n) is 2.52. The molecule has 0 atom stereocenters. The molecule has 1 heterocycles. The van der Waals surface area contributed by atoms with Gasteiger partial charge in [0.2, 0.25) is 0 Å². The van der Waals surface area contributed by atoms with Crippen molar-refractivity contribution in [3.05, 3.63) is 42.1 Å². The standard InChI is InChI=1S/C13H14N2O/c1-9-6-13(15-8-12(9)14)10-4-3-5-11(7-10)16-2/h3-8H,14H2,1-2H3. The van der Waals surface area contributed by atoms with Crippen LogP contribution in [-0.4, -0.2) is 12.1 Å². The Labute approximate surface area is 94.9 Å². The van der Waals surface area contributed by atoms with Gasteiger partial charge in [-0.3, -0.25) is 4.98 Å². The maximum Gasteiger partial charge on any atom is 0.119 e. The lowest BCUT2D eigenvalue weighted by Crippen LogP contribution is -1.93. The third kappa shape index (κ3) is 1.98. The highest BCUT2D eigenvalue weighted by Crippen LogP contribution is 2.24. The largest absolute Gasteiger partial charge is 0.497 e. The summed E-state index contributed by atoms with van der Waals surface area (Å²) in [5, 5.41) is 0. The van der Waals surface area contributed by atoms with Crippen LogP contribution in [-0.2, 0) is 0 Å². The molecule has 0 spiro atoms. The summed E-state index contributed by atoms with van der Waals surface area (Å²) in [5.74, 6) is 0.828. The molecule has 1 aromatic heterocycles. The molecule has 0 bridgehead atoms. The number of pyridine rings is 1. The van der Waals surface area contributed by atoms with Crippen LogP contribution >= 0.6 is 0 Å². The summed E-state index contributed by atoms with van der Waals surface area (Å²) >= 11 is 0. The molecule has 1 aromatic carbocycles. The predicted octanol–water partition coefficient (Wildman–Crippen LogP) is 2.65. The van der Waals surface area contributed by atoms with Crippen molar-refractivity contribution >= 4 is 5.69 Å². The van der Waals surface area contributed by atoms with Crippen molar-refractivity contribution in [1.29, 1.82) is 0 Å². The van der Waals surface area contributed by atoms with Crippen molar-refractivity contribution in [3.63, 3.8) is 0 Å². The molecule has 0 amide bonds. The number of methoxy groups -OCH3 is 1. The quantitative estimate of drug-likeness (QED) is 0.836. The summed E-state index contributed by atoms with van der Waals surface area (Å²) in [6.45, 7) is 1.97. The number of hydrogen-bond acceptors (Lipinski definition) is 3. The molecule has 16 heavy (non-hydrogen) atoms. The van der Waals surface area contributed by atoms with Crippen molar-refractivity contribution in [2.75, 3.05) is 12.8 Å². The van der Waals surface area contributed by atoms with Gasteiger partial charge < -0.3 is 10.5 Å². The highest BCUT2D eigenvalue weighted by Gasteiger charge is 2.02. The Balaban J connectivity index is 2.46. The van der Waals surface area contributed by atoms with Crippen LogP contribution < -0.4 is 10.5 Å². The van der Waals surface area contributed by atoms with E-state index in [9.17, 15) is 0 Å². The van der Waals surface area contributed by atoms with Crippen molar-refractivity contribution in [1.82, 2.24) is 4.98 Å². The van der Waals surface area contributed by atoms with E-state index in [2.05, 4.69) is 4.98 Å². The average molecular weight is 214 g/mol. The van der Waals surface area contributed by atoms with Gasteiger partial charge in [-0.25, -0.2) is 0 Å². The summed E-state index contributed by atoms with van der Waals surface area (Å²) in [6, 6.07) is 9.79. The smallest absolute Gasteiger partial charge is 0.119 e. The number of nitrogens with zero attached hydrogens (tertiary/aromatic N) is 1. The first-order valence-corrected chi connectivity index (χ1v) is 5.07. The normalized spacial score (nSPS) is 10.1. The molecule has 0 unspecified atom stereocenters. The first-order valence-electron chi connectivity index (χ1n) is 5.07. The van der Waals surface area contributed by atoms with Gasteiger partial charge in [0.15, 0.2) is 0 Å². The number of nitrogen functional groups attached to an aromatic ring is 1. The van der Waals surface area contributed by atoms with E-state index < -0.39 is 0 Å². The molecular weight excluding hydrogens is 200 g/mol. The summed E-state index contributed by atoms with van der Waals surface area (Å²) in [5.41, 5.74) is 9.42. The number of ether oxygens (including phenoxy) is 1. The van der Waals surface area contributed by atoms with Crippen LogP contribution in [0.15, 0.2) is 36.5 Å². The lowest BCUT2D eigenvalue weighted by molar-refractivity contribution is 0.415. The van der Waals surface area contributed by atoms with E-state index in [1.807, 2.05) is 37.3 Å². The summed E-state index contributed by atoms with van der Waals surface area (Å²) in [6.07, 6.45) is 1.68. The summed E-state index contributed by atoms with van der Waals surface area (Å²) < 4.78 is 5.18. The lowest BCUT2D eigenvalue weighted by atomic mass is 10.1. The topological polar surface area (TPSA) is 48.1 Å². The second-order valence-corrected chi connectivity index (χ2v) is 3.66. The Morgan fingerprint density at radius 1 is 1.25 bits per heavy atom. The summed E-state index contributed by atoms with van der Waals surface area (Å²) in [4.78, 5) is 4.30. The van der Waals surface area contributed by atoms with E-state index in [0.717, 1.165) is 22.6 Å². The van der Waals surface area contributed by atoms with Crippen LogP contribution in [0.3, 0.4) is 0 Å². The van der Waals surface area contributed by atoms with E-state index in [0.29, 0.717) is 5.69 Å². The van der Waals surface area contributed by atoms with Crippen LogP contribution in [0.5, 0.6) is 5.75 Å². The molecule has 2 N–H and O–H groups in total. The molecule has 0 radical (unpaired) electrons. The molecule has 0 saturated carbocycles. The van der Waals surface area contributed by atoms with Crippen molar-refractivity contribution in [2.45, 2.75) is 6.92 Å². The van der Waals surface area contributed by atoms with E-state index in [-0.39, 0.29) is 0 Å². The highest BCUT2D eigenvalue weighted by atomic mass is 16.5. The predicted molar refractivity (Wildman–Crippen MR) is 65.4 cm³/mol. The van der Waals surface area contributed by atoms with E-state index in [1.165, 1.54) is 0 Å². The fraction of sp³-hybridized carbons (Fsp3) is 0.154. The van der Waals surface area contributed by atoms with Crippen LogP contribution in [0, 0.1) is 6.92 Å². The van der Waals surface area contributed by atoms with Crippen molar-refractivity contribution in [3.8, 4) is 17.0 Å². The Kier molecular flexibility index (Phi) is 2.77. The van der Waals surface area contributed by atoms with Gasteiger partial charge >= 0.3 is 0 Å². The van der Waals surface area contributed by atoms with Gasteiger partial charge in [0.25, 0.3) is 0 Å². The SMILES string of the molecule is COc1cccc(-c2cc(C)c(N)cn2)c1. The highest BCUT2D eigenvalue weighted by molar-refractivity contribution is 5.64. The molecule has 82 valence electrons. The van der Waals surface area contributed by atoms with Gasteiger partial charge in [-0.1, -0.05) is 12.1 Å². The van der Waals surface area contributed by atoms with E-state index in [1.54, 1.807) is 13.3 Å². The second kappa shape index (κ2) is 4.23. The number of anilines is 1. The Hall–Kier alpha value is -2.03. The number of rotatable bonds is 2. The monoisotopic (exact) mass is 214 g/mol. The molecule has 0 fully saturated rings. The van der Waals surface area contributed by atoms with Crippen LogP contribution in [0.2, 0.25) is 0 Å². The summed E-state index contributed by atoms with van der Waals surface area (Å²) in [7, 11) is 1.65. The minimum Gasteiger partial charge on any atom is -0.497 e.